The first-order valence-electron chi connectivity index (χ1n) is 8.20. The molecule has 1 amide bonds. The number of benzene rings is 2. The molecule has 1 heterocycles. The topological polar surface area (TPSA) is 76.7 Å². The van der Waals surface area contributed by atoms with Gasteiger partial charge in [-0.2, -0.15) is 0 Å². The van der Waals surface area contributed by atoms with Crippen LogP contribution in [0.3, 0.4) is 0 Å². The SMILES string of the molecule is CCOC(=O)COc1ccc([C@@]2(C)NC(=O)c3cc(Cl)ccc3N2)cc1. The number of anilines is 1. The van der Waals surface area contributed by atoms with Crippen molar-refractivity contribution in [3.63, 3.8) is 0 Å². The predicted octanol–water partition coefficient (Wildman–Crippen LogP) is 3.31. The van der Waals surface area contributed by atoms with Gasteiger partial charge in [0.05, 0.1) is 12.2 Å². The van der Waals surface area contributed by atoms with Gasteiger partial charge in [0, 0.05) is 10.7 Å². The van der Waals surface area contributed by atoms with Crippen LogP contribution >= 0.6 is 11.6 Å². The van der Waals surface area contributed by atoms with E-state index in [1.54, 1.807) is 37.3 Å². The molecule has 0 bridgehead atoms. The van der Waals surface area contributed by atoms with Crippen molar-refractivity contribution in [2.75, 3.05) is 18.5 Å². The Kier molecular flexibility index (Phi) is 5.04. The summed E-state index contributed by atoms with van der Waals surface area (Å²) in [6, 6.07) is 12.3. The van der Waals surface area contributed by atoms with Gasteiger partial charge < -0.3 is 20.1 Å². The second kappa shape index (κ2) is 7.25. The van der Waals surface area contributed by atoms with Gasteiger partial charge in [0.25, 0.3) is 5.91 Å². The van der Waals surface area contributed by atoms with Gasteiger partial charge in [0.1, 0.15) is 11.4 Å². The smallest absolute Gasteiger partial charge is 0.344 e. The maximum absolute atomic E-state index is 12.4. The highest BCUT2D eigenvalue weighted by Crippen LogP contribution is 2.33. The van der Waals surface area contributed by atoms with Crippen molar-refractivity contribution >= 4 is 29.2 Å². The van der Waals surface area contributed by atoms with E-state index in [9.17, 15) is 9.59 Å². The molecule has 3 rings (SSSR count). The van der Waals surface area contributed by atoms with Crippen LogP contribution in [0.25, 0.3) is 0 Å². The highest BCUT2D eigenvalue weighted by atomic mass is 35.5. The van der Waals surface area contributed by atoms with Crippen LogP contribution in [0.5, 0.6) is 5.75 Å². The standard InChI is InChI=1S/C19H19ClN2O4/c1-3-25-17(23)11-26-14-7-4-12(5-8-14)19(2)21-16-9-6-13(20)10-15(16)18(24)22-19/h4-10,21H,3,11H2,1-2H3,(H,22,24)/t19-/m1/s1. The number of nitrogens with one attached hydrogen (secondary N) is 2. The van der Waals surface area contributed by atoms with E-state index in [2.05, 4.69) is 10.6 Å². The molecule has 2 aromatic carbocycles. The van der Waals surface area contributed by atoms with E-state index in [-0.39, 0.29) is 12.5 Å². The number of rotatable bonds is 5. The molecular weight excluding hydrogens is 356 g/mol. The Morgan fingerprint density at radius 1 is 1.15 bits per heavy atom. The molecule has 0 saturated carbocycles. The zero-order valence-electron chi connectivity index (χ0n) is 14.5. The van der Waals surface area contributed by atoms with Gasteiger partial charge in [-0.25, -0.2) is 4.79 Å². The molecular formula is C19H19ClN2O4. The van der Waals surface area contributed by atoms with Gasteiger partial charge in [-0.1, -0.05) is 23.7 Å². The van der Waals surface area contributed by atoms with Crippen LogP contribution in [0.2, 0.25) is 5.02 Å². The number of amides is 1. The third-order valence-corrected chi connectivity index (χ3v) is 4.30. The van der Waals surface area contributed by atoms with Crippen LogP contribution in [-0.4, -0.2) is 25.1 Å². The third kappa shape index (κ3) is 3.75. The van der Waals surface area contributed by atoms with Crippen LogP contribution in [0.4, 0.5) is 5.69 Å². The monoisotopic (exact) mass is 374 g/mol. The average molecular weight is 375 g/mol. The Morgan fingerprint density at radius 2 is 1.88 bits per heavy atom. The lowest BCUT2D eigenvalue weighted by Gasteiger charge is -2.38. The fourth-order valence-electron chi connectivity index (χ4n) is 2.78. The minimum Gasteiger partial charge on any atom is -0.482 e. The first-order chi connectivity index (χ1) is 12.4. The van der Waals surface area contributed by atoms with Gasteiger partial charge >= 0.3 is 5.97 Å². The van der Waals surface area contributed by atoms with Gasteiger partial charge in [0.2, 0.25) is 0 Å². The van der Waals surface area contributed by atoms with E-state index < -0.39 is 11.6 Å². The number of halogens is 1. The molecule has 0 radical (unpaired) electrons. The third-order valence-electron chi connectivity index (χ3n) is 4.07. The summed E-state index contributed by atoms with van der Waals surface area (Å²) < 4.78 is 10.2. The van der Waals surface area contributed by atoms with Gasteiger partial charge in [-0.15, -0.1) is 0 Å². The zero-order chi connectivity index (χ0) is 18.7. The lowest BCUT2D eigenvalue weighted by atomic mass is 9.96. The molecule has 1 aliphatic rings. The summed E-state index contributed by atoms with van der Waals surface area (Å²) in [4.78, 5) is 23.8. The van der Waals surface area contributed by atoms with E-state index >= 15 is 0 Å². The van der Waals surface area contributed by atoms with Crippen LogP contribution < -0.4 is 15.4 Å². The van der Waals surface area contributed by atoms with E-state index in [0.29, 0.717) is 28.6 Å². The molecule has 2 N–H and O–H groups in total. The number of ether oxygens (including phenoxy) is 2. The molecule has 0 saturated heterocycles. The maximum Gasteiger partial charge on any atom is 0.344 e. The number of esters is 1. The normalized spacial score (nSPS) is 18.3. The number of hydrogen-bond acceptors (Lipinski definition) is 5. The molecule has 1 atom stereocenters. The largest absolute Gasteiger partial charge is 0.482 e. The first-order valence-corrected chi connectivity index (χ1v) is 8.58. The molecule has 0 spiro atoms. The highest BCUT2D eigenvalue weighted by Gasteiger charge is 2.34. The molecule has 1 aliphatic heterocycles. The molecule has 26 heavy (non-hydrogen) atoms. The number of carbonyl (C=O) groups is 2. The fourth-order valence-corrected chi connectivity index (χ4v) is 2.95. The van der Waals surface area contributed by atoms with E-state index in [0.717, 1.165) is 5.56 Å². The lowest BCUT2D eigenvalue weighted by molar-refractivity contribution is -0.145. The summed E-state index contributed by atoms with van der Waals surface area (Å²) in [6.07, 6.45) is 0. The van der Waals surface area contributed by atoms with Crippen molar-refractivity contribution in [3.05, 3.63) is 58.6 Å². The van der Waals surface area contributed by atoms with E-state index in [4.69, 9.17) is 21.1 Å². The molecule has 136 valence electrons. The molecule has 0 aliphatic carbocycles. The maximum atomic E-state index is 12.4. The minimum atomic E-state index is -0.780. The number of fused-ring (bicyclic) bond motifs is 1. The second-order valence-electron chi connectivity index (χ2n) is 6.01. The van der Waals surface area contributed by atoms with Crippen molar-refractivity contribution in [2.45, 2.75) is 19.5 Å². The Labute approximate surface area is 156 Å². The van der Waals surface area contributed by atoms with Gasteiger partial charge in [-0.05, 0) is 49.7 Å². The molecule has 6 nitrogen and oxygen atoms in total. The second-order valence-corrected chi connectivity index (χ2v) is 6.45. The highest BCUT2D eigenvalue weighted by molar-refractivity contribution is 6.31. The summed E-state index contributed by atoms with van der Waals surface area (Å²) in [7, 11) is 0. The summed E-state index contributed by atoms with van der Waals surface area (Å²) >= 11 is 5.96. The van der Waals surface area contributed by atoms with Gasteiger partial charge in [-0.3, -0.25) is 4.79 Å². The van der Waals surface area contributed by atoms with Crippen molar-refractivity contribution in [3.8, 4) is 5.75 Å². The van der Waals surface area contributed by atoms with E-state index in [1.165, 1.54) is 0 Å². The Hall–Kier alpha value is -2.73. The van der Waals surface area contributed by atoms with Crippen LogP contribution in [0.15, 0.2) is 42.5 Å². The molecule has 7 heteroatoms. The van der Waals surface area contributed by atoms with E-state index in [1.807, 2.05) is 19.1 Å². The first kappa shape index (κ1) is 18.1. The van der Waals surface area contributed by atoms with Crippen molar-refractivity contribution in [2.24, 2.45) is 0 Å². The number of carbonyl (C=O) groups excluding carboxylic acids is 2. The molecule has 0 unspecified atom stereocenters. The lowest BCUT2D eigenvalue weighted by Crippen LogP contribution is -2.52. The quantitative estimate of drug-likeness (QED) is 0.785. The van der Waals surface area contributed by atoms with Crippen molar-refractivity contribution < 1.29 is 19.1 Å². The summed E-state index contributed by atoms with van der Waals surface area (Å²) in [5.74, 6) is -0.0777. The molecule has 0 fully saturated rings. The Bertz CT molecular complexity index is 838. The average Bonchev–Trinajstić information content (AvgIpc) is 2.61. The summed E-state index contributed by atoms with van der Waals surface area (Å²) in [5.41, 5.74) is 1.28. The zero-order valence-corrected chi connectivity index (χ0v) is 15.2. The predicted molar refractivity (Wildman–Crippen MR) is 98.5 cm³/mol. The molecule has 0 aromatic heterocycles. The summed E-state index contributed by atoms with van der Waals surface area (Å²) in [6.45, 7) is 3.78. The van der Waals surface area contributed by atoms with Crippen molar-refractivity contribution in [1.82, 2.24) is 5.32 Å². The fraction of sp³-hybridized carbons (Fsp3) is 0.263. The Balaban J connectivity index is 1.75. The van der Waals surface area contributed by atoms with Crippen LogP contribution in [-0.2, 0) is 15.2 Å². The summed E-state index contributed by atoms with van der Waals surface area (Å²) in [5, 5.41) is 6.79. The Morgan fingerprint density at radius 3 is 2.58 bits per heavy atom. The van der Waals surface area contributed by atoms with Crippen LogP contribution in [0.1, 0.15) is 29.8 Å². The molecule has 2 aromatic rings. The van der Waals surface area contributed by atoms with Crippen LogP contribution in [0, 0.1) is 0 Å². The minimum absolute atomic E-state index is 0.145. The number of hydrogen-bond donors (Lipinski definition) is 2. The van der Waals surface area contributed by atoms with Crippen molar-refractivity contribution in [1.29, 1.82) is 0 Å². The van der Waals surface area contributed by atoms with Gasteiger partial charge in [0.15, 0.2) is 6.61 Å².